The molecule has 0 saturated heterocycles. The van der Waals surface area contributed by atoms with Crippen molar-refractivity contribution in [3.8, 4) is 0 Å². The summed E-state index contributed by atoms with van der Waals surface area (Å²) in [6, 6.07) is 7.00. The molecule has 5 rings (SSSR count). The van der Waals surface area contributed by atoms with Gasteiger partial charge in [-0.05, 0) is 35.2 Å². The first-order chi connectivity index (χ1) is 15.4. The molecule has 1 atom stereocenters. The summed E-state index contributed by atoms with van der Waals surface area (Å²) in [6.07, 6.45) is 2.04. The zero-order valence-electron chi connectivity index (χ0n) is 17.1. The molecule has 0 aromatic carbocycles. The predicted molar refractivity (Wildman–Crippen MR) is 119 cm³/mol. The van der Waals surface area contributed by atoms with Crippen LogP contribution in [0.3, 0.4) is 0 Å². The van der Waals surface area contributed by atoms with Crippen LogP contribution in [-0.2, 0) is 25.4 Å². The van der Waals surface area contributed by atoms with Crippen molar-refractivity contribution in [1.82, 2.24) is 23.7 Å². The Morgan fingerprint density at radius 1 is 1.25 bits per heavy atom. The summed E-state index contributed by atoms with van der Waals surface area (Å²) in [5.74, 6) is 0.212. The minimum atomic E-state index is -0.581. The van der Waals surface area contributed by atoms with Crippen molar-refractivity contribution in [2.45, 2.75) is 19.0 Å². The van der Waals surface area contributed by atoms with Gasteiger partial charge >= 0.3 is 5.69 Å². The van der Waals surface area contributed by atoms with E-state index in [1.807, 2.05) is 17.5 Å². The van der Waals surface area contributed by atoms with Crippen molar-refractivity contribution < 1.29 is 9.21 Å². The number of hydrogen-bond acceptors (Lipinski definition) is 7. The van der Waals surface area contributed by atoms with E-state index in [0.29, 0.717) is 12.2 Å². The van der Waals surface area contributed by atoms with E-state index in [4.69, 9.17) is 16.0 Å². The molecule has 10 nitrogen and oxygen atoms in total. The molecule has 164 valence electrons. The highest BCUT2D eigenvalue weighted by Gasteiger charge is 2.35. The average Bonchev–Trinajstić information content (AvgIpc) is 3.57. The number of aromatic nitrogens is 4. The fraction of sp³-hybridized carbons (Fsp3) is 0.250. The van der Waals surface area contributed by atoms with Gasteiger partial charge in [-0.15, -0.1) is 11.3 Å². The first-order valence-electron chi connectivity index (χ1n) is 9.65. The van der Waals surface area contributed by atoms with E-state index in [1.54, 1.807) is 18.4 Å². The van der Waals surface area contributed by atoms with Crippen molar-refractivity contribution >= 4 is 45.7 Å². The molecule has 0 unspecified atom stereocenters. The predicted octanol–water partition coefficient (Wildman–Crippen LogP) is 2.12. The highest BCUT2D eigenvalue weighted by atomic mass is 35.5. The van der Waals surface area contributed by atoms with Gasteiger partial charge in [0.05, 0.1) is 16.9 Å². The van der Waals surface area contributed by atoms with Crippen molar-refractivity contribution in [1.29, 1.82) is 0 Å². The van der Waals surface area contributed by atoms with Crippen LogP contribution in [0.15, 0.2) is 55.0 Å². The molecule has 1 amide bonds. The van der Waals surface area contributed by atoms with Gasteiger partial charge in [0.25, 0.3) is 11.5 Å². The maximum absolute atomic E-state index is 13.4. The number of halogens is 1. The fourth-order valence-electron chi connectivity index (χ4n) is 3.81. The Balaban J connectivity index is 1.56. The smallest absolute Gasteiger partial charge is 0.332 e. The maximum atomic E-state index is 13.4. The molecule has 4 aromatic rings. The first kappa shape index (κ1) is 20.5. The molecule has 0 saturated carbocycles. The number of nitrogens with zero attached hydrogens (tertiary/aromatic N) is 6. The van der Waals surface area contributed by atoms with E-state index in [0.717, 1.165) is 15.2 Å². The number of rotatable bonds is 4. The summed E-state index contributed by atoms with van der Waals surface area (Å²) in [4.78, 5) is 43.4. The molecule has 1 aliphatic heterocycles. The molecule has 32 heavy (non-hydrogen) atoms. The van der Waals surface area contributed by atoms with Crippen molar-refractivity contribution in [3.63, 3.8) is 0 Å². The molecule has 1 aliphatic rings. The molecule has 0 bridgehead atoms. The summed E-state index contributed by atoms with van der Waals surface area (Å²) in [6.45, 7) is -0.277. The molecule has 0 N–H and O–H groups in total. The van der Waals surface area contributed by atoms with Crippen LogP contribution >= 0.6 is 22.9 Å². The highest BCUT2D eigenvalue weighted by Crippen LogP contribution is 2.34. The molecule has 4 aromatic heterocycles. The topological polar surface area (TPSA) is 108 Å². The monoisotopic (exact) mass is 472 g/mol. The van der Waals surface area contributed by atoms with Crippen LogP contribution in [0.1, 0.15) is 23.1 Å². The number of fused-ring (bicyclic) bond motifs is 1. The normalized spacial score (nSPS) is 16.2. The van der Waals surface area contributed by atoms with E-state index in [1.165, 1.54) is 39.6 Å². The number of thiophene rings is 1. The lowest BCUT2D eigenvalue weighted by atomic mass is 10.1. The molecule has 0 aliphatic carbocycles. The Bertz CT molecular complexity index is 1480. The zero-order chi connectivity index (χ0) is 22.6. The number of amides is 1. The molecule has 0 radical (unpaired) electrons. The Morgan fingerprint density at radius 2 is 2.06 bits per heavy atom. The second kappa shape index (κ2) is 7.61. The second-order valence-electron chi connectivity index (χ2n) is 7.34. The number of carbonyl (C=O) groups is 1. The van der Waals surface area contributed by atoms with Gasteiger partial charge in [-0.2, -0.15) is 10.1 Å². The maximum Gasteiger partial charge on any atom is 0.332 e. The molecule has 0 fully saturated rings. The van der Waals surface area contributed by atoms with Gasteiger partial charge in [-0.25, -0.2) is 9.80 Å². The van der Waals surface area contributed by atoms with Crippen molar-refractivity contribution in [2.75, 3.05) is 0 Å². The number of hydrazone groups is 1. The van der Waals surface area contributed by atoms with Crippen LogP contribution in [0.5, 0.6) is 0 Å². The highest BCUT2D eigenvalue weighted by molar-refractivity contribution is 7.12. The SMILES string of the molecule is Cn1c(=O)c2c(nc(Cl)n2CC(=O)N2N=C(c3cccs3)C[C@@H]2c2ccco2)n(C)c1=O. The van der Waals surface area contributed by atoms with Gasteiger partial charge in [0, 0.05) is 20.5 Å². The fourth-order valence-corrected chi connectivity index (χ4v) is 4.75. The quantitative estimate of drug-likeness (QED) is 0.423. The standard InChI is InChI=1S/C20H17ClN6O4S/c1-24-17-16(18(29)25(2)20(24)30)26(19(21)22-17)10-15(28)27-12(13-5-3-7-31-13)9-11(23-27)14-6-4-8-32-14/h3-8,12H,9-10H2,1-2H3/t12-/m1/s1. The van der Waals surface area contributed by atoms with Gasteiger partial charge in [0.2, 0.25) is 5.28 Å². The largest absolute Gasteiger partial charge is 0.467 e. The zero-order valence-corrected chi connectivity index (χ0v) is 18.6. The lowest BCUT2D eigenvalue weighted by molar-refractivity contribution is -0.133. The van der Waals surface area contributed by atoms with E-state index >= 15 is 0 Å². The lowest BCUT2D eigenvalue weighted by Crippen LogP contribution is -2.38. The molecule has 0 spiro atoms. The van der Waals surface area contributed by atoms with Crippen LogP contribution < -0.4 is 11.2 Å². The van der Waals surface area contributed by atoms with Crippen LogP contribution in [0.25, 0.3) is 11.2 Å². The van der Waals surface area contributed by atoms with Gasteiger partial charge in [0.1, 0.15) is 18.3 Å². The Morgan fingerprint density at radius 3 is 2.75 bits per heavy atom. The molecule has 5 heterocycles. The van der Waals surface area contributed by atoms with Crippen molar-refractivity contribution in [3.05, 3.63) is 72.7 Å². The summed E-state index contributed by atoms with van der Waals surface area (Å²) >= 11 is 7.82. The molecular weight excluding hydrogens is 456 g/mol. The third-order valence-corrected chi connectivity index (χ3v) is 6.65. The van der Waals surface area contributed by atoms with Gasteiger partial charge in [0.15, 0.2) is 11.2 Å². The number of carbonyl (C=O) groups excluding carboxylic acids is 1. The summed E-state index contributed by atoms with van der Waals surface area (Å²) in [7, 11) is 2.85. The van der Waals surface area contributed by atoms with Gasteiger partial charge in [-0.3, -0.25) is 23.3 Å². The third kappa shape index (κ3) is 3.12. The van der Waals surface area contributed by atoms with Gasteiger partial charge in [-0.1, -0.05) is 6.07 Å². The van der Waals surface area contributed by atoms with E-state index in [9.17, 15) is 14.4 Å². The Kier molecular flexibility index (Phi) is 4.86. The van der Waals surface area contributed by atoms with Crippen molar-refractivity contribution in [2.24, 2.45) is 19.2 Å². The van der Waals surface area contributed by atoms with Crippen LogP contribution in [0, 0.1) is 0 Å². The van der Waals surface area contributed by atoms with E-state index in [2.05, 4.69) is 10.1 Å². The van der Waals surface area contributed by atoms with E-state index in [-0.39, 0.29) is 23.0 Å². The minimum Gasteiger partial charge on any atom is -0.467 e. The molecule has 12 heteroatoms. The number of hydrogen-bond donors (Lipinski definition) is 0. The number of aryl methyl sites for hydroxylation is 1. The first-order valence-corrected chi connectivity index (χ1v) is 10.9. The molecular formula is C20H17ClN6O4S. The lowest BCUT2D eigenvalue weighted by Gasteiger charge is -2.20. The van der Waals surface area contributed by atoms with Crippen LogP contribution in [0.2, 0.25) is 5.28 Å². The summed E-state index contributed by atoms with van der Waals surface area (Å²) < 4.78 is 9.04. The minimum absolute atomic E-state index is 0.0668. The number of furan rings is 1. The Hall–Kier alpha value is -3.44. The third-order valence-electron chi connectivity index (χ3n) is 5.44. The second-order valence-corrected chi connectivity index (χ2v) is 8.63. The van der Waals surface area contributed by atoms with Crippen LogP contribution in [0.4, 0.5) is 0 Å². The van der Waals surface area contributed by atoms with Crippen LogP contribution in [-0.4, -0.2) is 35.3 Å². The van der Waals surface area contributed by atoms with Gasteiger partial charge < -0.3 is 4.42 Å². The Labute approximate surface area is 189 Å². The summed E-state index contributed by atoms with van der Waals surface area (Å²) in [5.41, 5.74) is -0.152. The number of imidazole rings is 1. The van der Waals surface area contributed by atoms with E-state index < -0.39 is 23.2 Å². The summed E-state index contributed by atoms with van der Waals surface area (Å²) in [5, 5.41) is 7.81. The average molecular weight is 473 g/mol.